The van der Waals surface area contributed by atoms with Crippen molar-refractivity contribution < 1.29 is 13.6 Å². The zero-order valence-electron chi connectivity index (χ0n) is 6.30. The predicted molar refractivity (Wildman–Crippen MR) is 42.7 cm³/mol. The Bertz CT molecular complexity index is 343. The van der Waals surface area contributed by atoms with Gasteiger partial charge < -0.3 is 5.73 Å². The first-order valence-corrected chi connectivity index (χ1v) is 3.64. The number of aromatic nitrogens is 1. The number of carbonyl (C=O) groups excluding carboxylic acids is 1. The minimum absolute atomic E-state index is 0.209. The van der Waals surface area contributed by atoms with Gasteiger partial charge in [-0.15, -0.1) is 0 Å². The summed E-state index contributed by atoms with van der Waals surface area (Å²) in [6, 6.07) is 1.18. The molecule has 3 nitrogen and oxygen atoms in total. The number of alkyl halides is 2. The molecule has 1 amide bonds. The Kier molecular flexibility index (Phi) is 2.77. The maximum atomic E-state index is 12.3. The zero-order valence-corrected chi connectivity index (χ0v) is 7.05. The lowest BCUT2D eigenvalue weighted by molar-refractivity contribution is 0.0980. The highest BCUT2D eigenvalue weighted by atomic mass is 35.5. The summed E-state index contributed by atoms with van der Waals surface area (Å²) in [7, 11) is 0. The summed E-state index contributed by atoms with van der Waals surface area (Å²) in [5.74, 6) is -1.02. The third kappa shape index (κ3) is 1.92. The number of nitrogens with two attached hydrogens (primary N) is 1. The molecule has 0 aliphatic rings. The lowest BCUT2D eigenvalue weighted by Crippen LogP contribution is -2.16. The van der Waals surface area contributed by atoms with E-state index in [-0.39, 0.29) is 5.02 Å². The molecule has 0 bridgehead atoms. The average Bonchev–Trinajstić information content (AvgIpc) is 2.02. The number of rotatable bonds is 2. The highest BCUT2D eigenvalue weighted by molar-refractivity contribution is 6.31. The third-order valence-corrected chi connectivity index (χ3v) is 1.72. The van der Waals surface area contributed by atoms with Gasteiger partial charge in [0.2, 0.25) is 0 Å². The largest absolute Gasteiger partial charge is 0.364 e. The van der Waals surface area contributed by atoms with Gasteiger partial charge in [0.1, 0.15) is 5.69 Å². The summed E-state index contributed by atoms with van der Waals surface area (Å²) in [5.41, 5.74) is 3.73. The van der Waals surface area contributed by atoms with Crippen molar-refractivity contribution in [2.75, 3.05) is 0 Å². The van der Waals surface area contributed by atoms with Crippen LogP contribution in [0.4, 0.5) is 8.78 Å². The van der Waals surface area contributed by atoms with E-state index in [0.29, 0.717) is 0 Å². The van der Waals surface area contributed by atoms with E-state index in [1.807, 2.05) is 0 Å². The van der Waals surface area contributed by atoms with E-state index in [2.05, 4.69) is 4.98 Å². The van der Waals surface area contributed by atoms with Gasteiger partial charge in [-0.2, -0.15) is 0 Å². The molecule has 1 rings (SSSR count). The molecule has 70 valence electrons. The molecule has 1 heterocycles. The van der Waals surface area contributed by atoms with Crippen LogP contribution in [0.15, 0.2) is 12.3 Å². The molecule has 0 aliphatic heterocycles. The van der Waals surface area contributed by atoms with E-state index in [0.717, 1.165) is 6.20 Å². The van der Waals surface area contributed by atoms with Gasteiger partial charge in [-0.1, -0.05) is 11.6 Å². The molecule has 0 atom stereocenters. The van der Waals surface area contributed by atoms with Crippen LogP contribution in [0.5, 0.6) is 0 Å². The van der Waals surface area contributed by atoms with Gasteiger partial charge in [-0.05, 0) is 6.07 Å². The smallest absolute Gasteiger partial charge is 0.267 e. The molecule has 0 unspecified atom stereocenters. The number of amides is 1. The van der Waals surface area contributed by atoms with Gasteiger partial charge in [0.15, 0.2) is 0 Å². The van der Waals surface area contributed by atoms with E-state index >= 15 is 0 Å². The van der Waals surface area contributed by atoms with Crippen LogP contribution in [-0.2, 0) is 0 Å². The molecular formula is C7H5ClF2N2O. The van der Waals surface area contributed by atoms with Crippen molar-refractivity contribution in [3.63, 3.8) is 0 Å². The second-order valence-corrected chi connectivity index (χ2v) is 2.63. The summed E-state index contributed by atoms with van der Waals surface area (Å²) >= 11 is 5.44. The van der Waals surface area contributed by atoms with E-state index in [1.54, 1.807) is 0 Å². The van der Waals surface area contributed by atoms with Gasteiger partial charge in [0.25, 0.3) is 12.3 Å². The molecular weight excluding hydrogens is 202 g/mol. The van der Waals surface area contributed by atoms with Crippen LogP contribution in [0.3, 0.4) is 0 Å². The van der Waals surface area contributed by atoms with Gasteiger partial charge in [-0.25, -0.2) is 8.78 Å². The van der Waals surface area contributed by atoms with Crippen molar-refractivity contribution in [1.82, 2.24) is 4.98 Å². The number of nitrogens with zero attached hydrogens (tertiary/aromatic N) is 1. The van der Waals surface area contributed by atoms with Crippen LogP contribution in [0.1, 0.15) is 22.5 Å². The second-order valence-electron chi connectivity index (χ2n) is 2.22. The van der Waals surface area contributed by atoms with Crippen molar-refractivity contribution in [2.24, 2.45) is 5.73 Å². The Morgan fingerprint density at radius 3 is 2.62 bits per heavy atom. The number of primary amides is 1. The summed E-state index contributed by atoms with van der Waals surface area (Å²) < 4.78 is 24.6. The first kappa shape index (κ1) is 9.85. The van der Waals surface area contributed by atoms with E-state index in [4.69, 9.17) is 17.3 Å². The van der Waals surface area contributed by atoms with Crippen molar-refractivity contribution in [2.45, 2.75) is 6.43 Å². The van der Waals surface area contributed by atoms with Gasteiger partial charge in [-0.3, -0.25) is 9.78 Å². The average molecular weight is 207 g/mol. The Morgan fingerprint density at radius 2 is 2.23 bits per heavy atom. The lowest BCUT2D eigenvalue weighted by Gasteiger charge is -2.05. The Morgan fingerprint density at radius 1 is 1.62 bits per heavy atom. The first-order valence-electron chi connectivity index (χ1n) is 3.26. The van der Waals surface area contributed by atoms with Crippen LogP contribution in [-0.4, -0.2) is 10.9 Å². The molecule has 0 saturated heterocycles. The highest BCUT2D eigenvalue weighted by Gasteiger charge is 2.20. The zero-order chi connectivity index (χ0) is 10.0. The molecule has 0 spiro atoms. The summed E-state index contributed by atoms with van der Waals surface area (Å²) in [6.07, 6.45) is -1.71. The van der Waals surface area contributed by atoms with E-state index < -0.39 is 23.6 Å². The highest BCUT2D eigenvalue weighted by Crippen LogP contribution is 2.28. The van der Waals surface area contributed by atoms with E-state index in [9.17, 15) is 13.6 Å². The predicted octanol–water partition coefficient (Wildman–Crippen LogP) is 1.77. The first-order chi connectivity index (χ1) is 6.04. The maximum Gasteiger partial charge on any atom is 0.267 e. The normalized spacial score (nSPS) is 10.5. The van der Waals surface area contributed by atoms with Crippen LogP contribution >= 0.6 is 11.6 Å². The number of hydrogen-bond acceptors (Lipinski definition) is 2. The number of carbonyl (C=O) groups is 1. The van der Waals surface area contributed by atoms with Gasteiger partial charge in [0.05, 0.1) is 10.6 Å². The topological polar surface area (TPSA) is 56.0 Å². The van der Waals surface area contributed by atoms with Crippen LogP contribution in [0, 0.1) is 0 Å². The van der Waals surface area contributed by atoms with Gasteiger partial charge >= 0.3 is 0 Å². The molecule has 1 aromatic rings. The summed E-state index contributed by atoms with van der Waals surface area (Å²) in [5, 5.41) is -0.209. The third-order valence-electron chi connectivity index (χ3n) is 1.39. The van der Waals surface area contributed by atoms with Crippen LogP contribution < -0.4 is 5.73 Å². The molecule has 0 aromatic carbocycles. The van der Waals surface area contributed by atoms with Crippen LogP contribution in [0.2, 0.25) is 5.02 Å². The fourth-order valence-electron chi connectivity index (χ4n) is 0.854. The summed E-state index contributed by atoms with van der Waals surface area (Å²) in [4.78, 5) is 14.1. The lowest BCUT2D eigenvalue weighted by atomic mass is 10.2. The van der Waals surface area contributed by atoms with Crippen molar-refractivity contribution >= 4 is 17.5 Å². The molecule has 6 heteroatoms. The van der Waals surface area contributed by atoms with Crippen molar-refractivity contribution in [1.29, 1.82) is 0 Å². The molecule has 2 N–H and O–H groups in total. The summed E-state index contributed by atoms with van der Waals surface area (Å²) in [6.45, 7) is 0. The minimum atomic E-state index is -2.86. The maximum absolute atomic E-state index is 12.3. The Labute approximate surface area is 77.5 Å². The quantitative estimate of drug-likeness (QED) is 0.802. The van der Waals surface area contributed by atoms with Crippen molar-refractivity contribution in [3.8, 4) is 0 Å². The SMILES string of the molecule is NC(=O)c1nccc(Cl)c1C(F)F. The number of hydrogen-bond donors (Lipinski definition) is 1. The van der Waals surface area contributed by atoms with Gasteiger partial charge in [0, 0.05) is 6.20 Å². The number of pyridine rings is 1. The molecule has 0 fully saturated rings. The van der Waals surface area contributed by atoms with E-state index in [1.165, 1.54) is 6.07 Å². The fraction of sp³-hybridized carbons (Fsp3) is 0.143. The Balaban J connectivity index is 3.34. The molecule has 1 aromatic heterocycles. The van der Waals surface area contributed by atoms with Crippen LogP contribution in [0.25, 0.3) is 0 Å². The minimum Gasteiger partial charge on any atom is -0.364 e. The number of halogens is 3. The molecule has 0 saturated carbocycles. The standard InChI is InChI=1S/C7H5ClF2N2O/c8-3-1-2-12-5(7(11)13)4(3)6(9)10/h1-2,6H,(H2,11,13). The molecule has 0 radical (unpaired) electrons. The Hall–Kier alpha value is -1.23. The molecule has 13 heavy (non-hydrogen) atoms. The fourth-order valence-corrected chi connectivity index (χ4v) is 1.08. The van der Waals surface area contributed by atoms with Crippen molar-refractivity contribution in [3.05, 3.63) is 28.5 Å². The monoisotopic (exact) mass is 206 g/mol. The molecule has 0 aliphatic carbocycles. The second kappa shape index (κ2) is 3.66.